The Morgan fingerprint density at radius 3 is 2.76 bits per heavy atom. The highest BCUT2D eigenvalue weighted by molar-refractivity contribution is 6.19. The van der Waals surface area contributed by atoms with Crippen LogP contribution in [0.4, 0.5) is 13.2 Å². The van der Waals surface area contributed by atoms with E-state index in [1.807, 2.05) is 12.2 Å². The summed E-state index contributed by atoms with van der Waals surface area (Å²) in [7, 11) is 0. The molecular formula is C24H23F3N2O4. The first-order valence-electron chi connectivity index (χ1n) is 10.7. The van der Waals surface area contributed by atoms with Gasteiger partial charge in [0.05, 0.1) is 11.3 Å². The largest absolute Gasteiger partial charge is 0.456 e. The van der Waals surface area contributed by atoms with Gasteiger partial charge in [0.15, 0.2) is 11.7 Å². The van der Waals surface area contributed by atoms with Crippen molar-refractivity contribution in [1.29, 1.82) is 0 Å². The molecule has 0 amide bonds. The van der Waals surface area contributed by atoms with E-state index in [0.717, 1.165) is 25.0 Å². The van der Waals surface area contributed by atoms with E-state index >= 15 is 0 Å². The smallest absolute Gasteiger partial charge is 0.416 e. The molecule has 2 heterocycles. The first-order chi connectivity index (χ1) is 15.8. The van der Waals surface area contributed by atoms with Gasteiger partial charge in [-0.25, -0.2) is 0 Å². The van der Waals surface area contributed by atoms with Crippen LogP contribution < -0.4 is 0 Å². The second kappa shape index (κ2) is 9.25. The Labute approximate surface area is 188 Å². The molecule has 9 heteroatoms. The van der Waals surface area contributed by atoms with Gasteiger partial charge in [-0.3, -0.25) is 9.59 Å². The maximum absolute atomic E-state index is 13.0. The maximum Gasteiger partial charge on any atom is 0.416 e. The molecule has 1 aromatic carbocycles. The average Bonchev–Trinajstić information content (AvgIpc) is 3.47. The Morgan fingerprint density at radius 1 is 1.27 bits per heavy atom. The van der Waals surface area contributed by atoms with Crippen LogP contribution >= 0.6 is 0 Å². The van der Waals surface area contributed by atoms with E-state index in [9.17, 15) is 22.8 Å². The molecule has 2 aromatic rings. The van der Waals surface area contributed by atoms with Crippen LogP contribution in [0.25, 0.3) is 5.69 Å². The first kappa shape index (κ1) is 22.8. The van der Waals surface area contributed by atoms with Crippen LogP contribution in [0.3, 0.4) is 0 Å². The predicted octanol–water partition coefficient (Wildman–Crippen LogP) is 5.17. The number of aromatic nitrogens is 1. The Hall–Kier alpha value is -3.36. The number of alkyl halides is 3. The number of nitrogens with zero attached hydrogens (tertiary/aromatic N) is 2. The van der Waals surface area contributed by atoms with E-state index in [1.165, 1.54) is 16.7 Å². The Balaban J connectivity index is 1.48. The van der Waals surface area contributed by atoms with Gasteiger partial charge in [0.2, 0.25) is 0 Å². The number of benzene rings is 1. The Kier molecular flexibility index (Phi) is 6.40. The molecule has 1 aromatic heterocycles. The van der Waals surface area contributed by atoms with Crippen LogP contribution in [0.15, 0.2) is 60.0 Å². The lowest BCUT2D eigenvalue weighted by Crippen LogP contribution is -2.39. The van der Waals surface area contributed by atoms with Crippen LogP contribution in [0.5, 0.6) is 0 Å². The number of halogens is 3. The van der Waals surface area contributed by atoms with Gasteiger partial charge in [-0.15, -0.1) is 0 Å². The third-order valence-corrected chi connectivity index (χ3v) is 5.73. The monoisotopic (exact) mass is 460 g/mol. The molecule has 0 spiro atoms. The summed E-state index contributed by atoms with van der Waals surface area (Å²) in [4.78, 5) is 31.0. The molecule has 0 radical (unpaired) electrons. The average molecular weight is 460 g/mol. The summed E-state index contributed by atoms with van der Waals surface area (Å²) in [5.41, 5.74) is 0.389. The highest BCUT2D eigenvalue weighted by Gasteiger charge is 2.41. The molecule has 2 aliphatic rings. The number of allylic oxidation sites excluding steroid dienone is 1. The minimum atomic E-state index is -4.46. The Morgan fingerprint density at radius 2 is 2.09 bits per heavy atom. The molecule has 0 saturated carbocycles. The molecule has 0 bridgehead atoms. The molecule has 1 fully saturated rings. The summed E-state index contributed by atoms with van der Waals surface area (Å²) < 4.78 is 46.1. The fraction of sp³-hybridized carbons (Fsp3) is 0.375. The van der Waals surface area contributed by atoms with E-state index in [1.54, 1.807) is 25.4 Å². The van der Waals surface area contributed by atoms with Gasteiger partial charge in [-0.1, -0.05) is 24.2 Å². The molecule has 3 unspecified atom stereocenters. The zero-order valence-corrected chi connectivity index (χ0v) is 17.9. The van der Waals surface area contributed by atoms with E-state index < -0.39 is 29.7 Å². The normalized spacial score (nSPS) is 23.6. The van der Waals surface area contributed by atoms with Gasteiger partial charge in [0.25, 0.3) is 0 Å². The SMILES string of the molecule is CCC(=NOC1C=CCC1)C1C(=O)CC(c2ccn(-c3cccc(C(F)(F)F)c3)c2)OC1=O. The minimum absolute atomic E-state index is 0.0502. The number of carbonyl (C=O) groups is 2. The molecule has 0 N–H and O–H groups in total. The van der Waals surface area contributed by atoms with Gasteiger partial charge in [-0.05, 0) is 49.6 Å². The van der Waals surface area contributed by atoms with Gasteiger partial charge < -0.3 is 14.1 Å². The standard InChI is InChI=1S/C24H23F3N2O4/c1-2-19(28-33-18-8-3-4-9-18)22-20(30)13-21(32-23(22)31)15-10-11-29(14-15)17-7-5-6-16(12-17)24(25,26)27/h3,5-8,10-12,14,18,21-22H,2,4,9,13H2,1H3. The molecule has 33 heavy (non-hydrogen) atoms. The van der Waals surface area contributed by atoms with Gasteiger partial charge in [-0.2, -0.15) is 13.2 Å². The molecular weight excluding hydrogens is 437 g/mol. The van der Waals surface area contributed by atoms with Crippen LogP contribution in [0.1, 0.15) is 49.8 Å². The lowest BCUT2D eigenvalue weighted by Gasteiger charge is -2.27. The number of ether oxygens (including phenoxy) is 1. The summed E-state index contributed by atoms with van der Waals surface area (Å²) in [5.74, 6) is -2.13. The van der Waals surface area contributed by atoms with Gasteiger partial charge >= 0.3 is 12.1 Å². The molecule has 4 rings (SSSR count). The number of cyclic esters (lactones) is 1. The highest BCUT2D eigenvalue weighted by atomic mass is 19.4. The van der Waals surface area contributed by atoms with Crippen LogP contribution in [0, 0.1) is 5.92 Å². The highest BCUT2D eigenvalue weighted by Crippen LogP contribution is 2.33. The van der Waals surface area contributed by atoms with E-state index in [0.29, 0.717) is 23.4 Å². The molecule has 1 aliphatic heterocycles. The van der Waals surface area contributed by atoms with Crippen molar-refractivity contribution < 1.29 is 32.3 Å². The third-order valence-electron chi connectivity index (χ3n) is 5.73. The quantitative estimate of drug-likeness (QED) is 0.196. The first-order valence-corrected chi connectivity index (χ1v) is 10.7. The third kappa shape index (κ3) is 5.02. The van der Waals surface area contributed by atoms with Crippen LogP contribution in [-0.4, -0.2) is 28.1 Å². The molecule has 6 nitrogen and oxygen atoms in total. The number of Topliss-reactive ketones (excluding diaryl/α,β-unsaturated/α-hetero) is 1. The van der Waals surface area contributed by atoms with Crippen molar-refractivity contribution in [2.24, 2.45) is 11.1 Å². The summed E-state index contributed by atoms with van der Waals surface area (Å²) in [6.07, 6.45) is 3.58. The van der Waals surface area contributed by atoms with Crippen molar-refractivity contribution in [2.45, 2.75) is 51.0 Å². The zero-order chi connectivity index (χ0) is 23.6. The number of oxime groups is 1. The van der Waals surface area contributed by atoms with E-state index in [-0.39, 0.29) is 18.3 Å². The van der Waals surface area contributed by atoms with Crippen molar-refractivity contribution >= 4 is 17.5 Å². The fourth-order valence-electron chi connectivity index (χ4n) is 3.95. The van der Waals surface area contributed by atoms with Crippen molar-refractivity contribution in [3.8, 4) is 5.69 Å². The Bertz CT molecular complexity index is 1090. The number of rotatable bonds is 6. The van der Waals surface area contributed by atoms with E-state index in [2.05, 4.69) is 5.16 Å². The second-order valence-corrected chi connectivity index (χ2v) is 8.01. The number of carbonyl (C=O) groups excluding carboxylic acids is 2. The number of hydrogen-bond acceptors (Lipinski definition) is 5. The fourth-order valence-corrected chi connectivity index (χ4v) is 3.95. The summed E-state index contributed by atoms with van der Waals surface area (Å²) in [6, 6.07) is 6.50. The molecule has 1 aliphatic carbocycles. The molecule has 3 atom stereocenters. The lowest BCUT2D eigenvalue weighted by molar-refractivity contribution is -0.162. The number of hydrogen-bond donors (Lipinski definition) is 0. The second-order valence-electron chi connectivity index (χ2n) is 8.01. The van der Waals surface area contributed by atoms with Crippen LogP contribution in [0.2, 0.25) is 0 Å². The summed E-state index contributed by atoms with van der Waals surface area (Å²) in [5, 5.41) is 4.07. The lowest BCUT2D eigenvalue weighted by atomic mass is 9.89. The topological polar surface area (TPSA) is 69.9 Å². The van der Waals surface area contributed by atoms with Crippen molar-refractivity contribution in [2.75, 3.05) is 0 Å². The van der Waals surface area contributed by atoms with Gasteiger partial charge in [0.1, 0.15) is 12.2 Å². The van der Waals surface area contributed by atoms with Crippen molar-refractivity contribution in [3.05, 3.63) is 66.0 Å². The summed E-state index contributed by atoms with van der Waals surface area (Å²) in [6.45, 7) is 1.79. The molecule has 1 saturated heterocycles. The minimum Gasteiger partial charge on any atom is -0.456 e. The number of ketones is 1. The predicted molar refractivity (Wildman–Crippen MR) is 114 cm³/mol. The summed E-state index contributed by atoms with van der Waals surface area (Å²) >= 11 is 0. The van der Waals surface area contributed by atoms with Crippen LogP contribution in [-0.2, 0) is 25.3 Å². The van der Waals surface area contributed by atoms with Crippen molar-refractivity contribution in [3.63, 3.8) is 0 Å². The van der Waals surface area contributed by atoms with Gasteiger partial charge in [0, 0.05) is 30.1 Å². The zero-order valence-electron chi connectivity index (χ0n) is 17.9. The van der Waals surface area contributed by atoms with Crippen molar-refractivity contribution in [1.82, 2.24) is 4.57 Å². The number of esters is 1. The van der Waals surface area contributed by atoms with E-state index in [4.69, 9.17) is 9.57 Å². The molecule has 174 valence electrons. The maximum atomic E-state index is 13.0.